The van der Waals surface area contributed by atoms with Crippen molar-refractivity contribution in [1.29, 1.82) is 0 Å². The molecule has 0 aliphatic carbocycles. The van der Waals surface area contributed by atoms with Crippen molar-refractivity contribution < 1.29 is 19.5 Å². The highest BCUT2D eigenvalue weighted by Gasteiger charge is 2.20. The Bertz CT molecular complexity index is 466. The molecule has 0 radical (unpaired) electrons. The molecule has 0 atom stereocenters. The molecule has 0 spiro atoms. The fourth-order valence-corrected chi connectivity index (χ4v) is 1.59. The Kier molecular flexibility index (Phi) is 4.74. The lowest BCUT2D eigenvalue weighted by atomic mass is 10.0. The molecule has 5 heteroatoms. The lowest BCUT2D eigenvalue weighted by molar-refractivity contribution is -0.0377. The highest BCUT2D eigenvalue weighted by atomic mass is 16.5. The van der Waals surface area contributed by atoms with Crippen LogP contribution in [0.15, 0.2) is 18.2 Å². The third-order valence-electron chi connectivity index (χ3n) is 2.42. The van der Waals surface area contributed by atoms with Crippen molar-refractivity contribution in [2.45, 2.75) is 6.92 Å². The van der Waals surface area contributed by atoms with Crippen LogP contribution in [0.5, 0.6) is 11.5 Å². The third-order valence-corrected chi connectivity index (χ3v) is 2.42. The molecule has 0 aliphatic heterocycles. The SMILES string of the molecule is CC=Cc1cc(OC)cc(OC)c1C(=O)N(C)O. The molecule has 1 N–H and O–H groups in total. The topological polar surface area (TPSA) is 59.0 Å². The molecule has 1 aromatic carbocycles. The normalized spacial score (nSPS) is 10.5. The van der Waals surface area contributed by atoms with Crippen molar-refractivity contribution in [1.82, 2.24) is 5.06 Å². The molecule has 0 heterocycles. The van der Waals surface area contributed by atoms with Gasteiger partial charge in [-0.25, -0.2) is 5.06 Å². The molecule has 0 aliphatic rings. The second-order valence-electron chi connectivity index (χ2n) is 3.62. The quantitative estimate of drug-likeness (QED) is 0.658. The van der Waals surface area contributed by atoms with Crippen LogP contribution in [0.1, 0.15) is 22.8 Å². The monoisotopic (exact) mass is 251 g/mol. The number of ether oxygens (including phenoxy) is 2. The molecule has 0 saturated heterocycles. The van der Waals surface area contributed by atoms with Crippen molar-refractivity contribution in [3.63, 3.8) is 0 Å². The summed E-state index contributed by atoms with van der Waals surface area (Å²) in [6, 6.07) is 3.31. The van der Waals surface area contributed by atoms with E-state index in [9.17, 15) is 10.0 Å². The summed E-state index contributed by atoms with van der Waals surface area (Å²) in [6.07, 6.45) is 3.55. The summed E-state index contributed by atoms with van der Waals surface area (Å²) in [5.74, 6) is 0.396. The van der Waals surface area contributed by atoms with Gasteiger partial charge in [0.1, 0.15) is 11.5 Å². The summed E-state index contributed by atoms with van der Waals surface area (Å²) >= 11 is 0. The first kappa shape index (κ1) is 14.1. The smallest absolute Gasteiger partial charge is 0.281 e. The van der Waals surface area contributed by atoms with E-state index in [0.717, 1.165) is 0 Å². The Morgan fingerprint density at radius 3 is 2.44 bits per heavy atom. The van der Waals surface area contributed by atoms with Crippen LogP contribution in [0.2, 0.25) is 0 Å². The van der Waals surface area contributed by atoms with Gasteiger partial charge in [-0.2, -0.15) is 0 Å². The number of methoxy groups -OCH3 is 2. The van der Waals surface area contributed by atoms with E-state index in [2.05, 4.69) is 0 Å². The molecular formula is C13H17NO4. The van der Waals surface area contributed by atoms with Crippen LogP contribution >= 0.6 is 0 Å². The fraction of sp³-hybridized carbons (Fsp3) is 0.308. The lowest BCUT2D eigenvalue weighted by Gasteiger charge is -2.15. The average Bonchev–Trinajstić information content (AvgIpc) is 2.37. The van der Waals surface area contributed by atoms with Gasteiger partial charge in [0.2, 0.25) is 0 Å². The van der Waals surface area contributed by atoms with Crippen molar-refractivity contribution in [3.8, 4) is 11.5 Å². The number of benzene rings is 1. The summed E-state index contributed by atoms with van der Waals surface area (Å²) in [7, 11) is 4.27. The van der Waals surface area contributed by atoms with Crippen LogP contribution in [0.4, 0.5) is 0 Å². The first-order valence-electron chi connectivity index (χ1n) is 5.40. The van der Waals surface area contributed by atoms with Crippen molar-refractivity contribution in [3.05, 3.63) is 29.3 Å². The van der Waals surface area contributed by atoms with Crippen LogP contribution < -0.4 is 9.47 Å². The van der Waals surface area contributed by atoms with E-state index in [4.69, 9.17) is 9.47 Å². The van der Waals surface area contributed by atoms with Gasteiger partial charge in [-0.3, -0.25) is 10.0 Å². The summed E-state index contributed by atoms with van der Waals surface area (Å²) < 4.78 is 10.3. The zero-order chi connectivity index (χ0) is 13.7. The molecule has 1 rings (SSSR count). The van der Waals surface area contributed by atoms with Gasteiger partial charge in [0.25, 0.3) is 5.91 Å². The van der Waals surface area contributed by atoms with Gasteiger partial charge in [-0.05, 0) is 18.6 Å². The van der Waals surface area contributed by atoms with E-state index in [-0.39, 0.29) is 0 Å². The minimum Gasteiger partial charge on any atom is -0.497 e. The number of carbonyl (C=O) groups excluding carboxylic acids is 1. The van der Waals surface area contributed by atoms with Crippen LogP contribution in [-0.2, 0) is 0 Å². The Morgan fingerprint density at radius 2 is 2.00 bits per heavy atom. The summed E-state index contributed by atoms with van der Waals surface area (Å²) in [5.41, 5.74) is 0.918. The maximum absolute atomic E-state index is 11.9. The Balaban J connectivity index is 3.48. The minimum absolute atomic E-state index is 0.293. The second kappa shape index (κ2) is 6.07. The highest BCUT2D eigenvalue weighted by molar-refractivity contribution is 6.00. The standard InChI is InChI=1S/C13H17NO4/c1-5-6-9-7-10(17-3)8-11(18-4)12(9)13(15)14(2)16/h5-8,16H,1-4H3. The second-order valence-corrected chi connectivity index (χ2v) is 3.62. The average molecular weight is 251 g/mol. The summed E-state index contributed by atoms with van der Waals surface area (Å²) in [5, 5.41) is 9.81. The Morgan fingerprint density at radius 1 is 1.33 bits per heavy atom. The molecule has 0 unspecified atom stereocenters. The van der Waals surface area contributed by atoms with Crippen LogP contribution in [0.25, 0.3) is 6.08 Å². The van der Waals surface area contributed by atoms with E-state index in [1.807, 2.05) is 6.92 Å². The maximum Gasteiger partial charge on any atom is 0.281 e. The zero-order valence-electron chi connectivity index (χ0n) is 10.9. The van der Waals surface area contributed by atoms with Crippen molar-refractivity contribution >= 4 is 12.0 Å². The third kappa shape index (κ3) is 2.81. The van der Waals surface area contributed by atoms with Crippen molar-refractivity contribution in [2.24, 2.45) is 0 Å². The van der Waals surface area contributed by atoms with Gasteiger partial charge in [0.05, 0.1) is 19.8 Å². The van der Waals surface area contributed by atoms with Gasteiger partial charge in [-0.1, -0.05) is 12.2 Å². The Labute approximate surface area is 106 Å². The summed E-state index contributed by atoms with van der Waals surface area (Å²) in [4.78, 5) is 11.9. The molecule has 18 heavy (non-hydrogen) atoms. The van der Waals surface area contributed by atoms with E-state index in [1.54, 1.807) is 24.3 Å². The highest BCUT2D eigenvalue weighted by Crippen LogP contribution is 2.30. The number of nitrogens with zero attached hydrogens (tertiary/aromatic N) is 1. The van der Waals surface area contributed by atoms with Gasteiger partial charge in [-0.15, -0.1) is 0 Å². The molecule has 0 aromatic heterocycles. The molecule has 0 fully saturated rings. The molecule has 5 nitrogen and oxygen atoms in total. The van der Waals surface area contributed by atoms with Crippen LogP contribution in [-0.4, -0.2) is 37.4 Å². The zero-order valence-corrected chi connectivity index (χ0v) is 10.9. The van der Waals surface area contributed by atoms with E-state index in [1.165, 1.54) is 21.3 Å². The van der Waals surface area contributed by atoms with E-state index >= 15 is 0 Å². The number of hydrogen-bond acceptors (Lipinski definition) is 4. The number of amides is 1. The Hall–Kier alpha value is -2.01. The number of hydroxylamine groups is 2. The first-order valence-corrected chi connectivity index (χ1v) is 5.40. The molecule has 0 saturated carbocycles. The number of hydrogen-bond donors (Lipinski definition) is 1. The summed E-state index contributed by atoms with van der Waals surface area (Å²) in [6.45, 7) is 1.84. The van der Waals surface area contributed by atoms with Crippen LogP contribution in [0.3, 0.4) is 0 Å². The molecule has 1 amide bonds. The number of allylic oxidation sites excluding steroid dienone is 1. The lowest BCUT2D eigenvalue weighted by Crippen LogP contribution is -2.24. The molecule has 1 aromatic rings. The first-order chi connectivity index (χ1) is 8.54. The molecule has 0 bridgehead atoms. The fourth-order valence-electron chi connectivity index (χ4n) is 1.59. The van der Waals surface area contributed by atoms with Gasteiger partial charge in [0, 0.05) is 13.1 Å². The van der Waals surface area contributed by atoms with Crippen LogP contribution in [0, 0.1) is 0 Å². The van der Waals surface area contributed by atoms with Gasteiger partial charge in [0.15, 0.2) is 0 Å². The maximum atomic E-state index is 11.9. The number of rotatable bonds is 4. The van der Waals surface area contributed by atoms with Gasteiger partial charge >= 0.3 is 0 Å². The minimum atomic E-state index is -0.539. The largest absolute Gasteiger partial charge is 0.497 e. The predicted octanol–water partition coefficient (Wildman–Crippen LogP) is 2.20. The number of carbonyl (C=O) groups is 1. The van der Waals surface area contributed by atoms with E-state index < -0.39 is 5.91 Å². The van der Waals surface area contributed by atoms with E-state index in [0.29, 0.717) is 27.7 Å². The van der Waals surface area contributed by atoms with Gasteiger partial charge < -0.3 is 9.47 Å². The van der Waals surface area contributed by atoms with Crippen molar-refractivity contribution in [2.75, 3.05) is 21.3 Å². The molecule has 98 valence electrons. The molecular weight excluding hydrogens is 234 g/mol. The predicted molar refractivity (Wildman–Crippen MR) is 68.1 cm³/mol.